The van der Waals surface area contributed by atoms with Crippen molar-refractivity contribution in [1.82, 2.24) is 20.0 Å². The summed E-state index contributed by atoms with van der Waals surface area (Å²) in [5, 5.41) is 3.89. The summed E-state index contributed by atoms with van der Waals surface area (Å²) in [5.41, 5.74) is 2.64. The van der Waals surface area contributed by atoms with Crippen LogP contribution < -0.4 is 0 Å². The molecule has 3 atom stereocenters. The van der Waals surface area contributed by atoms with Crippen LogP contribution in [-0.4, -0.2) is 51.2 Å². The second kappa shape index (κ2) is 5.73. The van der Waals surface area contributed by atoms with Gasteiger partial charge in [0.2, 0.25) is 5.89 Å². The average molecular weight is 330 g/mol. The van der Waals surface area contributed by atoms with Gasteiger partial charge in [-0.25, -0.2) is 0 Å². The van der Waals surface area contributed by atoms with Gasteiger partial charge in [0.05, 0.1) is 23.6 Å². The fraction of sp³-hybridized carbons (Fsp3) is 0.588. The van der Waals surface area contributed by atoms with E-state index in [0.717, 1.165) is 29.8 Å². The van der Waals surface area contributed by atoms with Crippen molar-refractivity contribution < 1.29 is 14.1 Å². The van der Waals surface area contributed by atoms with Gasteiger partial charge in [-0.3, -0.25) is 4.79 Å². The Bertz CT molecular complexity index is 766. The molecule has 0 aromatic carbocycles. The molecule has 0 saturated carbocycles. The lowest BCUT2D eigenvalue weighted by Crippen LogP contribution is -2.51. The zero-order valence-corrected chi connectivity index (χ0v) is 14.2. The molecule has 0 unspecified atom stereocenters. The van der Waals surface area contributed by atoms with E-state index in [4.69, 9.17) is 9.26 Å². The van der Waals surface area contributed by atoms with Gasteiger partial charge in [-0.1, -0.05) is 5.16 Å². The van der Waals surface area contributed by atoms with E-state index in [0.29, 0.717) is 24.9 Å². The zero-order chi connectivity index (χ0) is 16.8. The minimum absolute atomic E-state index is 0.0230. The summed E-state index contributed by atoms with van der Waals surface area (Å²) in [6, 6.07) is 2.05. The van der Waals surface area contributed by atoms with E-state index in [1.54, 1.807) is 6.92 Å². The molecule has 0 bridgehead atoms. The number of H-pyrrole nitrogens is 1. The SMILES string of the molecule is Cc1noc([C@H]2C[C@H]3OCC[C@H]3N(C(=O)c3cc(C)[nH]c3C)C2)n1. The minimum Gasteiger partial charge on any atom is -0.376 e. The standard InChI is InChI=1S/C17H22N4O3/c1-9-6-13(10(2)18-9)17(22)21-8-12(16-19-11(3)20-24-16)7-15-14(21)4-5-23-15/h6,12,14-15,18H,4-5,7-8H2,1-3H3/t12-,14+,15+/m0/s1. The largest absolute Gasteiger partial charge is 0.376 e. The number of ether oxygens (including phenoxy) is 1. The molecular weight excluding hydrogens is 308 g/mol. The number of aromatic amines is 1. The maximum Gasteiger partial charge on any atom is 0.256 e. The van der Waals surface area contributed by atoms with Crippen LogP contribution in [0.15, 0.2) is 10.6 Å². The van der Waals surface area contributed by atoms with Crippen LogP contribution >= 0.6 is 0 Å². The predicted molar refractivity (Wildman–Crippen MR) is 85.8 cm³/mol. The Morgan fingerprint density at radius 2 is 2.21 bits per heavy atom. The molecule has 2 aliphatic heterocycles. The molecule has 1 amide bonds. The lowest BCUT2D eigenvalue weighted by molar-refractivity contribution is 0.0124. The average Bonchev–Trinajstić information content (AvgIpc) is 3.25. The Balaban J connectivity index is 1.64. The van der Waals surface area contributed by atoms with Crippen molar-refractivity contribution >= 4 is 5.91 Å². The van der Waals surface area contributed by atoms with Gasteiger partial charge < -0.3 is 19.1 Å². The number of piperidine rings is 1. The molecule has 2 fully saturated rings. The molecule has 24 heavy (non-hydrogen) atoms. The topological polar surface area (TPSA) is 84.3 Å². The highest BCUT2D eigenvalue weighted by atomic mass is 16.5. The first-order valence-corrected chi connectivity index (χ1v) is 8.42. The number of hydrogen-bond donors (Lipinski definition) is 1. The smallest absolute Gasteiger partial charge is 0.256 e. The summed E-state index contributed by atoms with van der Waals surface area (Å²) in [7, 11) is 0. The molecule has 1 N–H and O–H groups in total. The molecule has 2 aliphatic rings. The van der Waals surface area contributed by atoms with Crippen LogP contribution in [0.1, 0.15) is 52.2 Å². The second-order valence-electron chi connectivity index (χ2n) is 6.83. The van der Waals surface area contributed by atoms with E-state index in [-0.39, 0.29) is 24.0 Å². The van der Waals surface area contributed by atoms with Gasteiger partial charge in [0.15, 0.2) is 5.82 Å². The third-order valence-corrected chi connectivity index (χ3v) is 5.04. The summed E-state index contributed by atoms with van der Waals surface area (Å²) in [4.78, 5) is 22.7. The number of nitrogens with zero attached hydrogens (tertiary/aromatic N) is 3. The van der Waals surface area contributed by atoms with Crippen molar-refractivity contribution in [2.45, 2.75) is 51.7 Å². The van der Waals surface area contributed by atoms with E-state index in [1.807, 2.05) is 24.8 Å². The van der Waals surface area contributed by atoms with Crippen LogP contribution in [0.2, 0.25) is 0 Å². The van der Waals surface area contributed by atoms with E-state index >= 15 is 0 Å². The van der Waals surface area contributed by atoms with Crippen LogP contribution in [0.25, 0.3) is 0 Å². The van der Waals surface area contributed by atoms with Crippen molar-refractivity contribution in [2.75, 3.05) is 13.2 Å². The van der Waals surface area contributed by atoms with E-state index in [1.165, 1.54) is 0 Å². The van der Waals surface area contributed by atoms with Gasteiger partial charge in [-0.05, 0) is 39.7 Å². The van der Waals surface area contributed by atoms with Crippen LogP contribution in [0, 0.1) is 20.8 Å². The third-order valence-electron chi connectivity index (χ3n) is 5.04. The van der Waals surface area contributed by atoms with Gasteiger partial charge in [-0.2, -0.15) is 4.98 Å². The molecule has 4 rings (SSSR count). The predicted octanol–water partition coefficient (Wildman–Crippen LogP) is 2.11. The first-order valence-electron chi connectivity index (χ1n) is 8.42. The summed E-state index contributed by atoms with van der Waals surface area (Å²) in [6.45, 7) is 6.99. The maximum absolute atomic E-state index is 13.1. The highest BCUT2D eigenvalue weighted by Gasteiger charge is 2.44. The van der Waals surface area contributed by atoms with Crippen molar-refractivity contribution in [3.05, 3.63) is 34.7 Å². The summed E-state index contributed by atoms with van der Waals surface area (Å²) >= 11 is 0. The van der Waals surface area contributed by atoms with Crippen LogP contribution in [0.3, 0.4) is 0 Å². The molecule has 7 heteroatoms. The molecule has 0 aliphatic carbocycles. The van der Waals surface area contributed by atoms with Crippen molar-refractivity contribution in [3.63, 3.8) is 0 Å². The van der Waals surface area contributed by atoms with Gasteiger partial charge in [0, 0.05) is 24.5 Å². The normalized spacial score (nSPS) is 26.6. The molecule has 2 saturated heterocycles. The second-order valence-corrected chi connectivity index (χ2v) is 6.83. The van der Waals surface area contributed by atoms with E-state index in [9.17, 15) is 4.79 Å². The quantitative estimate of drug-likeness (QED) is 0.911. The van der Waals surface area contributed by atoms with Crippen LogP contribution in [0.5, 0.6) is 0 Å². The Morgan fingerprint density at radius 3 is 2.88 bits per heavy atom. The number of aryl methyl sites for hydroxylation is 3. The molecular formula is C17H22N4O3. The first-order chi connectivity index (χ1) is 11.5. The molecule has 7 nitrogen and oxygen atoms in total. The monoisotopic (exact) mass is 330 g/mol. The number of nitrogens with one attached hydrogen (secondary N) is 1. The highest BCUT2D eigenvalue weighted by Crippen LogP contribution is 2.36. The number of likely N-dealkylation sites (tertiary alicyclic amines) is 1. The summed E-state index contributed by atoms with van der Waals surface area (Å²) in [6.07, 6.45) is 1.75. The number of amides is 1. The van der Waals surface area contributed by atoms with E-state index < -0.39 is 0 Å². The third kappa shape index (κ3) is 2.53. The fourth-order valence-corrected chi connectivity index (χ4v) is 3.94. The number of carbonyl (C=O) groups excluding carboxylic acids is 1. The fourth-order valence-electron chi connectivity index (χ4n) is 3.94. The number of hydrogen-bond acceptors (Lipinski definition) is 5. The van der Waals surface area contributed by atoms with Gasteiger partial charge >= 0.3 is 0 Å². The maximum atomic E-state index is 13.1. The van der Waals surface area contributed by atoms with Crippen LogP contribution in [0.4, 0.5) is 0 Å². The Labute approximate surface area is 140 Å². The highest BCUT2D eigenvalue weighted by molar-refractivity contribution is 5.96. The van der Waals surface area contributed by atoms with Crippen molar-refractivity contribution in [2.24, 2.45) is 0 Å². The van der Waals surface area contributed by atoms with Gasteiger partial charge in [-0.15, -0.1) is 0 Å². The lowest BCUT2D eigenvalue weighted by atomic mass is 9.89. The Kier molecular flexibility index (Phi) is 3.68. The van der Waals surface area contributed by atoms with Gasteiger partial charge in [0.1, 0.15) is 0 Å². The number of fused-ring (bicyclic) bond motifs is 1. The molecule has 128 valence electrons. The number of aromatic nitrogens is 3. The minimum atomic E-state index is 0.0230. The van der Waals surface area contributed by atoms with Crippen molar-refractivity contribution in [1.29, 1.82) is 0 Å². The molecule has 0 spiro atoms. The molecule has 2 aromatic rings. The number of rotatable bonds is 2. The molecule has 2 aromatic heterocycles. The summed E-state index contributed by atoms with van der Waals surface area (Å²) < 4.78 is 11.2. The number of carbonyl (C=O) groups is 1. The molecule has 0 radical (unpaired) electrons. The first kappa shape index (κ1) is 15.4. The Morgan fingerprint density at radius 1 is 1.38 bits per heavy atom. The zero-order valence-electron chi connectivity index (χ0n) is 14.2. The van der Waals surface area contributed by atoms with Crippen molar-refractivity contribution in [3.8, 4) is 0 Å². The molecule has 4 heterocycles. The van der Waals surface area contributed by atoms with Crippen LogP contribution in [-0.2, 0) is 4.74 Å². The summed E-state index contributed by atoms with van der Waals surface area (Å²) in [5.74, 6) is 1.30. The lowest BCUT2D eigenvalue weighted by Gasteiger charge is -2.39. The Hall–Kier alpha value is -2.15. The van der Waals surface area contributed by atoms with Gasteiger partial charge in [0.25, 0.3) is 5.91 Å². The van der Waals surface area contributed by atoms with E-state index in [2.05, 4.69) is 15.1 Å².